The lowest BCUT2D eigenvalue weighted by molar-refractivity contribution is 0.431. The van der Waals surface area contributed by atoms with Crippen molar-refractivity contribution in [1.29, 1.82) is 0 Å². The van der Waals surface area contributed by atoms with E-state index < -0.39 is 0 Å². The van der Waals surface area contributed by atoms with Crippen LogP contribution in [-0.2, 0) is 0 Å². The van der Waals surface area contributed by atoms with E-state index in [4.69, 9.17) is 4.52 Å². The van der Waals surface area contributed by atoms with E-state index in [1.165, 1.54) is 6.33 Å². The van der Waals surface area contributed by atoms with Crippen molar-refractivity contribution in [2.45, 2.75) is 0 Å². The van der Waals surface area contributed by atoms with Crippen LogP contribution >= 0.6 is 0 Å². The van der Waals surface area contributed by atoms with Crippen LogP contribution in [0.5, 0.6) is 0 Å². The fourth-order valence-corrected chi connectivity index (χ4v) is 3.29. The molecule has 0 bridgehead atoms. The molecule has 0 saturated carbocycles. The third-order valence-electron chi connectivity index (χ3n) is 4.72. The number of hydrogen-bond acceptors (Lipinski definition) is 7. The summed E-state index contributed by atoms with van der Waals surface area (Å²) in [6.07, 6.45) is 1.37. The highest BCUT2D eigenvalue weighted by Crippen LogP contribution is 2.30. The summed E-state index contributed by atoms with van der Waals surface area (Å²) in [5.74, 6) is 0.734. The standard InChI is InChI=1S/C21H16N6O2/c1-27(2)18-10-17(24-15-6-4-3-5-13(15)18)21-25-19(26-29-21)12-7-8-14-16(9-12)22-11-23-20(14)28/h3-11H,1-2H3,(H,22,23,28). The molecule has 8 heteroatoms. The number of H-pyrrole nitrogens is 1. The second-order valence-electron chi connectivity index (χ2n) is 6.82. The Bertz CT molecular complexity index is 1420. The number of pyridine rings is 1. The second kappa shape index (κ2) is 6.52. The van der Waals surface area contributed by atoms with E-state index in [1.807, 2.05) is 49.3 Å². The topological polar surface area (TPSA) is 101 Å². The molecule has 0 amide bonds. The summed E-state index contributed by atoms with van der Waals surface area (Å²) in [6.45, 7) is 0. The van der Waals surface area contributed by atoms with Gasteiger partial charge in [0.1, 0.15) is 5.69 Å². The quantitative estimate of drug-likeness (QED) is 0.509. The van der Waals surface area contributed by atoms with Crippen LogP contribution in [0.15, 0.2) is 64.2 Å². The van der Waals surface area contributed by atoms with Crippen LogP contribution in [-0.4, -0.2) is 39.2 Å². The van der Waals surface area contributed by atoms with Gasteiger partial charge in [-0.05, 0) is 24.3 Å². The van der Waals surface area contributed by atoms with Gasteiger partial charge in [0.05, 0.1) is 22.7 Å². The molecule has 0 unspecified atom stereocenters. The smallest absolute Gasteiger partial charge is 0.276 e. The van der Waals surface area contributed by atoms with Crippen LogP contribution in [0.4, 0.5) is 5.69 Å². The second-order valence-corrected chi connectivity index (χ2v) is 6.82. The zero-order chi connectivity index (χ0) is 20.0. The molecule has 0 spiro atoms. The molecular weight excluding hydrogens is 368 g/mol. The molecule has 2 aromatic carbocycles. The SMILES string of the molecule is CN(C)c1cc(-c2nc(-c3ccc4c(=O)[nH]cnc4c3)no2)nc2ccccc12. The minimum atomic E-state index is -0.188. The number of nitrogens with one attached hydrogen (secondary N) is 1. The summed E-state index contributed by atoms with van der Waals surface area (Å²) in [4.78, 5) is 29.8. The predicted molar refractivity (Wildman–Crippen MR) is 111 cm³/mol. The highest BCUT2D eigenvalue weighted by atomic mass is 16.5. The molecule has 0 aliphatic rings. The number of aromatic amines is 1. The Kier molecular flexibility index (Phi) is 3.83. The average Bonchev–Trinajstić information content (AvgIpc) is 3.23. The Balaban J connectivity index is 1.61. The molecule has 8 nitrogen and oxygen atoms in total. The molecular formula is C21H16N6O2. The van der Waals surface area contributed by atoms with E-state index in [0.29, 0.717) is 33.9 Å². The van der Waals surface area contributed by atoms with Crippen molar-refractivity contribution in [3.63, 3.8) is 0 Å². The van der Waals surface area contributed by atoms with Crippen LogP contribution in [0, 0.1) is 0 Å². The van der Waals surface area contributed by atoms with Gasteiger partial charge in [-0.1, -0.05) is 29.4 Å². The van der Waals surface area contributed by atoms with E-state index in [9.17, 15) is 4.79 Å². The van der Waals surface area contributed by atoms with E-state index in [2.05, 4.69) is 25.1 Å². The number of rotatable bonds is 3. The van der Waals surface area contributed by atoms with E-state index >= 15 is 0 Å². The van der Waals surface area contributed by atoms with Gasteiger partial charge in [0.25, 0.3) is 11.4 Å². The number of para-hydroxylation sites is 1. The highest BCUT2D eigenvalue weighted by molar-refractivity contribution is 5.93. The third-order valence-corrected chi connectivity index (χ3v) is 4.72. The molecule has 5 aromatic rings. The van der Waals surface area contributed by atoms with Gasteiger partial charge in [-0.3, -0.25) is 4.79 Å². The maximum absolute atomic E-state index is 11.9. The van der Waals surface area contributed by atoms with Crippen molar-refractivity contribution < 1.29 is 4.52 Å². The molecule has 5 rings (SSSR count). The molecule has 29 heavy (non-hydrogen) atoms. The maximum Gasteiger partial charge on any atom is 0.276 e. The van der Waals surface area contributed by atoms with Crippen LogP contribution in [0.1, 0.15) is 0 Å². The summed E-state index contributed by atoms with van der Waals surface area (Å²) in [5, 5.41) is 5.65. The Hall–Kier alpha value is -4.07. The van der Waals surface area contributed by atoms with Gasteiger partial charge in [0, 0.05) is 30.7 Å². The summed E-state index contributed by atoms with van der Waals surface area (Å²) in [5.41, 5.74) is 3.55. The summed E-state index contributed by atoms with van der Waals surface area (Å²) < 4.78 is 5.49. The first-order valence-corrected chi connectivity index (χ1v) is 8.99. The number of hydrogen-bond donors (Lipinski definition) is 1. The first kappa shape index (κ1) is 17.1. The van der Waals surface area contributed by atoms with Crippen molar-refractivity contribution >= 4 is 27.5 Å². The van der Waals surface area contributed by atoms with Crippen molar-refractivity contribution in [2.75, 3.05) is 19.0 Å². The Labute approximate surface area is 164 Å². The zero-order valence-electron chi connectivity index (χ0n) is 15.7. The summed E-state index contributed by atoms with van der Waals surface area (Å²) in [7, 11) is 3.96. The lowest BCUT2D eigenvalue weighted by Gasteiger charge is -2.15. The zero-order valence-corrected chi connectivity index (χ0v) is 15.7. The lowest BCUT2D eigenvalue weighted by Crippen LogP contribution is -2.09. The first-order valence-electron chi connectivity index (χ1n) is 8.99. The molecule has 0 fully saturated rings. The predicted octanol–water partition coefficient (Wildman–Crippen LogP) is 3.25. The molecule has 3 aromatic heterocycles. The first-order chi connectivity index (χ1) is 14.1. The molecule has 0 aliphatic heterocycles. The number of nitrogens with zero attached hydrogens (tertiary/aromatic N) is 5. The molecule has 3 heterocycles. The van der Waals surface area contributed by atoms with Gasteiger partial charge in [0.2, 0.25) is 5.82 Å². The number of fused-ring (bicyclic) bond motifs is 2. The van der Waals surface area contributed by atoms with Crippen molar-refractivity contribution in [3.05, 3.63) is 65.2 Å². The number of anilines is 1. The van der Waals surface area contributed by atoms with E-state index in [-0.39, 0.29) is 5.56 Å². The van der Waals surface area contributed by atoms with Gasteiger partial charge in [0.15, 0.2) is 0 Å². The molecule has 0 saturated heterocycles. The van der Waals surface area contributed by atoms with Crippen molar-refractivity contribution in [1.82, 2.24) is 25.1 Å². The Morgan fingerprint density at radius 1 is 0.966 bits per heavy atom. The van der Waals surface area contributed by atoms with Gasteiger partial charge in [-0.15, -0.1) is 0 Å². The summed E-state index contributed by atoms with van der Waals surface area (Å²) >= 11 is 0. The maximum atomic E-state index is 11.9. The van der Waals surface area contributed by atoms with Crippen LogP contribution < -0.4 is 10.5 Å². The molecule has 0 aliphatic carbocycles. The summed E-state index contributed by atoms with van der Waals surface area (Å²) in [6, 6.07) is 15.1. The Morgan fingerprint density at radius 2 is 1.83 bits per heavy atom. The number of benzene rings is 2. The fourth-order valence-electron chi connectivity index (χ4n) is 3.29. The lowest BCUT2D eigenvalue weighted by atomic mass is 10.1. The highest BCUT2D eigenvalue weighted by Gasteiger charge is 2.16. The monoisotopic (exact) mass is 384 g/mol. The average molecular weight is 384 g/mol. The van der Waals surface area contributed by atoms with Gasteiger partial charge in [-0.2, -0.15) is 4.98 Å². The van der Waals surface area contributed by atoms with Gasteiger partial charge in [-0.25, -0.2) is 9.97 Å². The van der Waals surface area contributed by atoms with Crippen molar-refractivity contribution in [3.8, 4) is 23.0 Å². The molecule has 0 radical (unpaired) electrons. The Morgan fingerprint density at radius 3 is 2.69 bits per heavy atom. The fraction of sp³-hybridized carbons (Fsp3) is 0.0952. The van der Waals surface area contributed by atoms with Crippen LogP contribution in [0.25, 0.3) is 44.8 Å². The largest absolute Gasteiger partial charge is 0.377 e. The third kappa shape index (κ3) is 2.91. The van der Waals surface area contributed by atoms with Gasteiger partial charge < -0.3 is 14.4 Å². The van der Waals surface area contributed by atoms with Gasteiger partial charge >= 0.3 is 0 Å². The minimum Gasteiger partial charge on any atom is -0.377 e. The molecule has 1 N–H and O–H groups in total. The molecule has 142 valence electrons. The van der Waals surface area contributed by atoms with E-state index in [1.54, 1.807) is 18.2 Å². The van der Waals surface area contributed by atoms with E-state index in [0.717, 1.165) is 16.6 Å². The van der Waals surface area contributed by atoms with Crippen LogP contribution in [0.3, 0.4) is 0 Å². The number of aromatic nitrogens is 5. The van der Waals surface area contributed by atoms with Crippen molar-refractivity contribution in [2.24, 2.45) is 0 Å². The molecule has 0 atom stereocenters. The minimum absolute atomic E-state index is 0.188. The van der Waals surface area contributed by atoms with Crippen LogP contribution in [0.2, 0.25) is 0 Å². The normalized spacial score (nSPS) is 11.2.